The van der Waals surface area contributed by atoms with E-state index in [0.717, 1.165) is 70.6 Å². The molecule has 0 aliphatic rings. The molecular weight excluding hydrogens is 685 g/mol. The molecule has 1 atom stereocenters. The molecule has 55 heavy (non-hydrogen) atoms. The Morgan fingerprint density at radius 2 is 0.600 bits per heavy atom. The average Bonchev–Trinajstić information content (AvgIpc) is 3.18. The highest BCUT2D eigenvalue weighted by Crippen LogP contribution is 2.16. The molecule has 0 aromatic rings. The Balaban J connectivity index is 4.17. The van der Waals surface area contributed by atoms with E-state index in [-0.39, 0.29) is 31.1 Å². The molecule has 0 fully saturated rings. The van der Waals surface area contributed by atoms with Gasteiger partial charge in [-0.25, -0.2) is 0 Å². The first-order valence-corrected chi connectivity index (χ1v) is 24.2. The predicted molar refractivity (Wildman–Crippen MR) is 233 cm³/mol. The fourth-order valence-electron chi connectivity index (χ4n) is 7.08. The number of carbonyl (C=O) groups is 3. The molecule has 0 aromatic heterocycles. The second kappa shape index (κ2) is 44.9. The maximum absolute atomic E-state index is 12.7. The average molecular weight is 777 g/mol. The number of hydrogen-bond acceptors (Lipinski definition) is 6. The van der Waals surface area contributed by atoms with Gasteiger partial charge in [0, 0.05) is 19.3 Å². The van der Waals surface area contributed by atoms with Crippen LogP contribution in [0, 0.1) is 0 Å². The number of unbranched alkanes of at least 4 members (excludes halogenated alkanes) is 31. The van der Waals surface area contributed by atoms with Gasteiger partial charge in [0.25, 0.3) is 0 Å². The molecule has 0 spiro atoms. The van der Waals surface area contributed by atoms with Crippen LogP contribution in [-0.4, -0.2) is 37.2 Å². The summed E-state index contributed by atoms with van der Waals surface area (Å²) in [5.74, 6) is -0.880. The zero-order chi connectivity index (χ0) is 40.1. The lowest BCUT2D eigenvalue weighted by Gasteiger charge is -2.18. The Morgan fingerprint density at radius 3 is 0.909 bits per heavy atom. The minimum atomic E-state index is -0.764. The summed E-state index contributed by atoms with van der Waals surface area (Å²) in [6, 6.07) is 0. The van der Waals surface area contributed by atoms with Crippen LogP contribution in [0.2, 0.25) is 0 Å². The second-order valence-electron chi connectivity index (χ2n) is 16.4. The number of esters is 3. The summed E-state index contributed by atoms with van der Waals surface area (Å²) < 4.78 is 16.6. The Bertz CT molecular complexity index is 854. The molecule has 0 heterocycles. The van der Waals surface area contributed by atoms with Gasteiger partial charge in [-0.05, 0) is 44.9 Å². The Morgan fingerprint density at radius 1 is 0.345 bits per heavy atom. The fourth-order valence-corrected chi connectivity index (χ4v) is 7.08. The van der Waals surface area contributed by atoms with Gasteiger partial charge in [0.05, 0.1) is 0 Å². The molecule has 0 aromatic carbocycles. The van der Waals surface area contributed by atoms with Crippen LogP contribution in [0.3, 0.4) is 0 Å². The van der Waals surface area contributed by atoms with Gasteiger partial charge < -0.3 is 14.2 Å². The zero-order valence-electron chi connectivity index (χ0n) is 37.0. The smallest absolute Gasteiger partial charge is 0.306 e. The van der Waals surface area contributed by atoms with E-state index in [9.17, 15) is 14.4 Å². The Kier molecular flexibility index (Phi) is 43.4. The zero-order valence-corrected chi connectivity index (χ0v) is 37.0. The van der Waals surface area contributed by atoms with E-state index in [1.807, 2.05) is 0 Å². The van der Waals surface area contributed by atoms with E-state index in [2.05, 4.69) is 32.9 Å². The highest BCUT2D eigenvalue weighted by atomic mass is 16.6. The molecule has 0 N–H and O–H groups in total. The summed E-state index contributed by atoms with van der Waals surface area (Å²) >= 11 is 0. The molecule has 6 heteroatoms. The van der Waals surface area contributed by atoms with Crippen LogP contribution in [0.5, 0.6) is 0 Å². The lowest BCUT2D eigenvalue weighted by atomic mass is 10.0. The standard InChI is InChI=1S/C49H92O6/c1-4-7-10-13-15-17-19-21-23-25-27-29-31-33-36-39-42-48(51)54-45-46(44-53-47(50)41-38-35-12-9-6-3)55-49(52)43-40-37-34-32-30-28-26-24-22-20-18-16-14-11-8-5-2/h23,25,46H,4-22,24,26-45H2,1-3H3/b25-23-. The molecule has 0 bridgehead atoms. The van der Waals surface area contributed by atoms with Crippen molar-refractivity contribution in [3.63, 3.8) is 0 Å². The molecule has 0 aliphatic heterocycles. The number of carbonyl (C=O) groups excluding carboxylic acids is 3. The van der Waals surface area contributed by atoms with Gasteiger partial charge >= 0.3 is 17.9 Å². The fraction of sp³-hybridized carbons (Fsp3) is 0.898. The molecular formula is C49H92O6. The minimum Gasteiger partial charge on any atom is -0.462 e. The van der Waals surface area contributed by atoms with Crippen molar-refractivity contribution in [1.29, 1.82) is 0 Å². The van der Waals surface area contributed by atoms with Crippen LogP contribution >= 0.6 is 0 Å². The van der Waals surface area contributed by atoms with Crippen molar-refractivity contribution in [2.75, 3.05) is 13.2 Å². The van der Waals surface area contributed by atoms with E-state index in [1.54, 1.807) is 0 Å². The van der Waals surface area contributed by atoms with E-state index in [0.29, 0.717) is 19.3 Å². The van der Waals surface area contributed by atoms with E-state index in [4.69, 9.17) is 14.2 Å². The lowest BCUT2D eigenvalue weighted by molar-refractivity contribution is -0.167. The summed E-state index contributed by atoms with van der Waals surface area (Å²) in [5, 5.41) is 0. The van der Waals surface area contributed by atoms with Gasteiger partial charge in [-0.2, -0.15) is 0 Å². The Hall–Kier alpha value is -1.85. The maximum atomic E-state index is 12.7. The third kappa shape index (κ3) is 43.1. The summed E-state index contributed by atoms with van der Waals surface area (Å²) in [7, 11) is 0. The third-order valence-corrected chi connectivity index (χ3v) is 10.8. The first kappa shape index (κ1) is 53.1. The molecule has 1 unspecified atom stereocenters. The largest absolute Gasteiger partial charge is 0.462 e. The van der Waals surface area contributed by atoms with Gasteiger partial charge in [0.15, 0.2) is 6.10 Å². The van der Waals surface area contributed by atoms with Crippen molar-refractivity contribution < 1.29 is 28.6 Å². The number of ether oxygens (including phenoxy) is 3. The van der Waals surface area contributed by atoms with Crippen molar-refractivity contribution in [3.8, 4) is 0 Å². The van der Waals surface area contributed by atoms with Gasteiger partial charge in [0.2, 0.25) is 0 Å². The third-order valence-electron chi connectivity index (χ3n) is 10.8. The first-order valence-electron chi connectivity index (χ1n) is 24.2. The van der Waals surface area contributed by atoms with Gasteiger partial charge in [-0.3, -0.25) is 14.4 Å². The van der Waals surface area contributed by atoms with Crippen LogP contribution in [0.4, 0.5) is 0 Å². The van der Waals surface area contributed by atoms with Crippen molar-refractivity contribution in [2.45, 2.75) is 271 Å². The molecule has 0 radical (unpaired) electrons. The first-order chi connectivity index (χ1) is 27.0. The number of allylic oxidation sites excluding steroid dienone is 2. The minimum absolute atomic E-state index is 0.0702. The monoisotopic (exact) mass is 777 g/mol. The SMILES string of the molecule is CCCCCCCCC/C=C\CCCCCCCC(=O)OCC(COC(=O)CCCCCCC)OC(=O)CCCCCCCCCCCCCCCCCC. The van der Waals surface area contributed by atoms with Crippen molar-refractivity contribution in [2.24, 2.45) is 0 Å². The van der Waals surface area contributed by atoms with Crippen LogP contribution in [-0.2, 0) is 28.6 Å². The molecule has 0 amide bonds. The highest BCUT2D eigenvalue weighted by Gasteiger charge is 2.19. The highest BCUT2D eigenvalue weighted by molar-refractivity contribution is 5.71. The lowest BCUT2D eigenvalue weighted by Crippen LogP contribution is -2.30. The number of rotatable bonds is 44. The summed E-state index contributed by atoms with van der Waals surface area (Å²) in [6.07, 6.45) is 48.0. The quantitative estimate of drug-likeness (QED) is 0.0265. The topological polar surface area (TPSA) is 78.9 Å². The molecule has 6 nitrogen and oxygen atoms in total. The molecule has 0 aliphatic carbocycles. The van der Waals surface area contributed by atoms with Crippen molar-refractivity contribution >= 4 is 17.9 Å². The van der Waals surface area contributed by atoms with E-state index < -0.39 is 6.10 Å². The normalized spacial score (nSPS) is 12.0. The van der Waals surface area contributed by atoms with Gasteiger partial charge in [-0.15, -0.1) is 0 Å². The van der Waals surface area contributed by atoms with Crippen LogP contribution in [0.25, 0.3) is 0 Å². The summed E-state index contributed by atoms with van der Waals surface area (Å²) in [4.78, 5) is 37.5. The second-order valence-corrected chi connectivity index (χ2v) is 16.4. The van der Waals surface area contributed by atoms with E-state index in [1.165, 1.54) is 154 Å². The van der Waals surface area contributed by atoms with Gasteiger partial charge in [0.1, 0.15) is 13.2 Å². The summed E-state index contributed by atoms with van der Waals surface area (Å²) in [5.41, 5.74) is 0. The van der Waals surface area contributed by atoms with Crippen LogP contribution in [0.15, 0.2) is 12.2 Å². The molecule has 0 rings (SSSR count). The number of hydrogen-bond donors (Lipinski definition) is 0. The summed E-state index contributed by atoms with van der Waals surface area (Å²) in [6.45, 7) is 6.57. The molecule has 0 saturated heterocycles. The van der Waals surface area contributed by atoms with Gasteiger partial charge in [-0.1, -0.05) is 213 Å². The van der Waals surface area contributed by atoms with E-state index >= 15 is 0 Å². The van der Waals surface area contributed by atoms with Crippen LogP contribution < -0.4 is 0 Å². The predicted octanol–water partition coefficient (Wildman–Crippen LogP) is 15.4. The molecule has 0 saturated carbocycles. The molecule has 324 valence electrons. The van der Waals surface area contributed by atoms with Crippen molar-refractivity contribution in [1.82, 2.24) is 0 Å². The van der Waals surface area contributed by atoms with Crippen molar-refractivity contribution in [3.05, 3.63) is 12.2 Å². The van der Waals surface area contributed by atoms with Crippen LogP contribution in [0.1, 0.15) is 265 Å². The maximum Gasteiger partial charge on any atom is 0.306 e. The Labute approximate surface area is 341 Å².